The van der Waals surface area contributed by atoms with Gasteiger partial charge in [-0.05, 0) is 62.2 Å². The van der Waals surface area contributed by atoms with E-state index in [4.69, 9.17) is 13.6 Å². The van der Waals surface area contributed by atoms with Crippen molar-refractivity contribution in [2.45, 2.75) is 33.2 Å². The number of carbonyl (C=O) groups is 1. The lowest BCUT2D eigenvalue weighted by Gasteiger charge is -2.29. The van der Waals surface area contributed by atoms with Gasteiger partial charge < -0.3 is 18.9 Å². The highest BCUT2D eigenvalue weighted by atomic mass is 16.5. The van der Waals surface area contributed by atoms with Crippen molar-refractivity contribution in [3.05, 3.63) is 47.7 Å². The molecule has 1 aliphatic rings. The number of nitrogens with one attached hydrogen (secondary N) is 1. The van der Waals surface area contributed by atoms with E-state index in [1.54, 1.807) is 38.3 Å². The second-order valence-corrected chi connectivity index (χ2v) is 7.72. The van der Waals surface area contributed by atoms with Crippen LogP contribution in [0.4, 0.5) is 5.69 Å². The molecule has 158 valence electrons. The first kappa shape index (κ1) is 20.2. The Balaban J connectivity index is 1.46. The van der Waals surface area contributed by atoms with E-state index < -0.39 is 0 Å². The standard InChI is InChI=1S/C22H26N4O4/c1-14-8-10-26(11-9-14)13-17-5-7-20(30-17)21(27)23-18-12-16(4-6-19(18)28-3)22-25-24-15(2)29-22/h4-7,12,14H,8-11,13H2,1-3H3,(H,23,27). The Morgan fingerprint density at radius 2 is 2.00 bits per heavy atom. The Hall–Kier alpha value is -3.13. The summed E-state index contributed by atoms with van der Waals surface area (Å²) in [7, 11) is 1.55. The third-order valence-electron chi connectivity index (χ3n) is 5.36. The first-order valence-electron chi connectivity index (χ1n) is 10.1. The monoisotopic (exact) mass is 410 g/mol. The molecule has 30 heavy (non-hydrogen) atoms. The Morgan fingerprint density at radius 3 is 2.70 bits per heavy atom. The lowest BCUT2D eigenvalue weighted by molar-refractivity contribution is 0.0991. The maximum atomic E-state index is 12.8. The molecule has 1 N–H and O–H groups in total. The molecule has 0 unspecified atom stereocenters. The molecule has 0 bridgehead atoms. The molecule has 3 heterocycles. The van der Waals surface area contributed by atoms with Gasteiger partial charge in [0.15, 0.2) is 5.76 Å². The first-order valence-corrected chi connectivity index (χ1v) is 10.1. The number of likely N-dealkylation sites (tertiary alicyclic amines) is 1. The topological polar surface area (TPSA) is 93.6 Å². The van der Waals surface area contributed by atoms with E-state index in [0.717, 1.165) is 31.3 Å². The minimum atomic E-state index is -0.342. The summed E-state index contributed by atoms with van der Waals surface area (Å²) in [6.45, 7) is 6.84. The number of piperidine rings is 1. The van der Waals surface area contributed by atoms with Gasteiger partial charge in [0.1, 0.15) is 11.5 Å². The van der Waals surface area contributed by atoms with Gasteiger partial charge in [-0.25, -0.2) is 0 Å². The van der Waals surface area contributed by atoms with Crippen LogP contribution in [-0.2, 0) is 6.54 Å². The van der Waals surface area contributed by atoms with Crippen LogP contribution < -0.4 is 10.1 Å². The predicted molar refractivity (Wildman–Crippen MR) is 111 cm³/mol. The molecule has 0 atom stereocenters. The fourth-order valence-electron chi connectivity index (χ4n) is 3.56. The number of carbonyl (C=O) groups excluding carboxylic acids is 1. The number of amides is 1. The molecule has 1 aromatic carbocycles. The van der Waals surface area contributed by atoms with Gasteiger partial charge in [0.25, 0.3) is 5.91 Å². The van der Waals surface area contributed by atoms with Crippen LogP contribution in [0.15, 0.2) is 39.2 Å². The van der Waals surface area contributed by atoms with Crippen LogP contribution in [0.1, 0.15) is 42.0 Å². The Kier molecular flexibility index (Phi) is 5.85. The fourth-order valence-corrected chi connectivity index (χ4v) is 3.56. The molecule has 0 radical (unpaired) electrons. The summed E-state index contributed by atoms with van der Waals surface area (Å²) >= 11 is 0. The Bertz CT molecular complexity index is 1020. The van der Waals surface area contributed by atoms with Crippen molar-refractivity contribution in [3.8, 4) is 17.2 Å². The van der Waals surface area contributed by atoms with Gasteiger partial charge in [-0.15, -0.1) is 10.2 Å². The van der Waals surface area contributed by atoms with Crippen LogP contribution in [-0.4, -0.2) is 41.2 Å². The van der Waals surface area contributed by atoms with E-state index in [0.29, 0.717) is 28.8 Å². The number of aryl methyl sites for hydroxylation is 1. The van der Waals surface area contributed by atoms with Crippen LogP contribution in [0.5, 0.6) is 5.75 Å². The summed E-state index contributed by atoms with van der Waals surface area (Å²) in [5.41, 5.74) is 1.19. The molecule has 0 spiro atoms. The lowest BCUT2D eigenvalue weighted by atomic mass is 9.99. The summed E-state index contributed by atoms with van der Waals surface area (Å²) in [6, 6.07) is 8.85. The van der Waals surface area contributed by atoms with Crippen LogP contribution in [0.3, 0.4) is 0 Å². The zero-order valence-corrected chi connectivity index (χ0v) is 17.5. The highest BCUT2D eigenvalue weighted by Crippen LogP contribution is 2.30. The number of anilines is 1. The number of benzene rings is 1. The lowest BCUT2D eigenvalue weighted by Crippen LogP contribution is -2.32. The fraction of sp³-hybridized carbons (Fsp3) is 0.409. The van der Waals surface area contributed by atoms with Gasteiger partial charge in [0, 0.05) is 12.5 Å². The molecule has 8 nitrogen and oxygen atoms in total. The van der Waals surface area contributed by atoms with E-state index in [9.17, 15) is 4.79 Å². The van der Waals surface area contributed by atoms with Gasteiger partial charge in [-0.3, -0.25) is 9.69 Å². The van der Waals surface area contributed by atoms with E-state index in [2.05, 4.69) is 27.3 Å². The number of aromatic nitrogens is 2. The average Bonchev–Trinajstić information content (AvgIpc) is 3.39. The Labute approximate surface area is 175 Å². The zero-order chi connectivity index (χ0) is 21.1. The third-order valence-corrected chi connectivity index (χ3v) is 5.36. The van der Waals surface area contributed by atoms with Gasteiger partial charge in [0.05, 0.1) is 19.3 Å². The molecule has 0 aliphatic carbocycles. The smallest absolute Gasteiger partial charge is 0.291 e. The first-order chi connectivity index (χ1) is 14.5. The van der Waals surface area contributed by atoms with Crippen LogP contribution in [0.25, 0.3) is 11.5 Å². The predicted octanol–water partition coefficient (Wildman–Crippen LogP) is 4.13. The van der Waals surface area contributed by atoms with E-state index in [1.165, 1.54) is 12.8 Å². The molecule has 8 heteroatoms. The number of ether oxygens (including phenoxy) is 1. The second kappa shape index (κ2) is 8.71. The van der Waals surface area contributed by atoms with Crippen LogP contribution in [0.2, 0.25) is 0 Å². The maximum Gasteiger partial charge on any atom is 0.291 e. The zero-order valence-electron chi connectivity index (χ0n) is 17.5. The SMILES string of the molecule is COc1ccc(-c2nnc(C)o2)cc1NC(=O)c1ccc(CN2CCC(C)CC2)o1. The number of hydrogen-bond donors (Lipinski definition) is 1. The van der Waals surface area contributed by atoms with Crippen molar-refractivity contribution in [3.63, 3.8) is 0 Å². The van der Waals surface area contributed by atoms with E-state index in [-0.39, 0.29) is 11.7 Å². The van der Waals surface area contributed by atoms with Crippen molar-refractivity contribution < 1.29 is 18.4 Å². The third kappa shape index (κ3) is 4.54. The van der Waals surface area contributed by atoms with Gasteiger partial charge in [-0.2, -0.15) is 0 Å². The van der Waals surface area contributed by atoms with Crippen molar-refractivity contribution in [2.75, 3.05) is 25.5 Å². The highest BCUT2D eigenvalue weighted by Gasteiger charge is 2.19. The summed E-state index contributed by atoms with van der Waals surface area (Å²) < 4.78 is 16.6. The minimum absolute atomic E-state index is 0.261. The van der Waals surface area contributed by atoms with Crippen LogP contribution in [0, 0.1) is 12.8 Å². The molecule has 1 amide bonds. The van der Waals surface area contributed by atoms with Crippen molar-refractivity contribution >= 4 is 11.6 Å². The summed E-state index contributed by atoms with van der Waals surface area (Å²) in [4.78, 5) is 15.1. The molecule has 3 aromatic rings. The maximum absolute atomic E-state index is 12.8. The number of hydrogen-bond acceptors (Lipinski definition) is 7. The van der Waals surface area contributed by atoms with E-state index >= 15 is 0 Å². The normalized spacial score (nSPS) is 15.3. The number of methoxy groups -OCH3 is 1. The van der Waals surface area contributed by atoms with Crippen molar-refractivity contribution in [2.24, 2.45) is 5.92 Å². The average molecular weight is 410 g/mol. The molecular weight excluding hydrogens is 384 g/mol. The minimum Gasteiger partial charge on any atom is -0.495 e. The van der Waals surface area contributed by atoms with Gasteiger partial charge in [0.2, 0.25) is 11.8 Å². The van der Waals surface area contributed by atoms with Crippen LogP contribution >= 0.6 is 0 Å². The molecule has 2 aromatic heterocycles. The molecule has 1 saturated heterocycles. The van der Waals surface area contributed by atoms with Gasteiger partial charge in [-0.1, -0.05) is 6.92 Å². The Morgan fingerprint density at radius 1 is 1.20 bits per heavy atom. The quantitative estimate of drug-likeness (QED) is 0.653. The molecule has 0 saturated carbocycles. The highest BCUT2D eigenvalue weighted by molar-refractivity contribution is 6.03. The van der Waals surface area contributed by atoms with E-state index in [1.807, 2.05) is 6.07 Å². The number of rotatable bonds is 6. The molecule has 1 aliphatic heterocycles. The van der Waals surface area contributed by atoms with Gasteiger partial charge >= 0.3 is 0 Å². The summed E-state index contributed by atoms with van der Waals surface area (Å²) in [5, 5.41) is 10.7. The number of furan rings is 1. The largest absolute Gasteiger partial charge is 0.495 e. The second-order valence-electron chi connectivity index (χ2n) is 7.72. The summed E-state index contributed by atoms with van der Waals surface area (Å²) in [5.74, 6) is 2.86. The molecular formula is C22H26N4O4. The van der Waals surface area contributed by atoms with Crippen molar-refractivity contribution in [1.82, 2.24) is 15.1 Å². The summed E-state index contributed by atoms with van der Waals surface area (Å²) in [6.07, 6.45) is 2.40. The van der Waals surface area contributed by atoms with Crippen molar-refractivity contribution in [1.29, 1.82) is 0 Å². The molecule has 1 fully saturated rings. The molecule has 4 rings (SSSR count). The number of nitrogens with zero attached hydrogens (tertiary/aromatic N) is 3.